The molecule has 1 aromatic rings. The van der Waals surface area contributed by atoms with E-state index in [1.165, 1.54) is 5.56 Å². The summed E-state index contributed by atoms with van der Waals surface area (Å²) in [4.78, 5) is 0. The molecule has 0 radical (unpaired) electrons. The van der Waals surface area contributed by atoms with Gasteiger partial charge in [-0.15, -0.1) is 0 Å². The van der Waals surface area contributed by atoms with E-state index >= 15 is 0 Å². The summed E-state index contributed by atoms with van der Waals surface area (Å²) in [7, 11) is 0. The van der Waals surface area contributed by atoms with E-state index in [1.807, 2.05) is 38.1 Å². The molecule has 3 heteroatoms. The Hall–Kier alpha value is -1.77. The lowest BCUT2D eigenvalue weighted by molar-refractivity contribution is 0.875. The molecular formula is C11H15N3. The molecule has 0 amide bonds. The van der Waals surface area contributed by atoms with Crippen LogP contribution in [0.5, 0.6) is 0 Å². The zero-order chi connectivity index (χ0) is 10.6. The van der Waals surface area contributed by atoms with Crippen molar-refractivity contribution in [2.45, 2.75) is 13.8 Å². The first kappa shape index (κ1) is 10.3. The Labute approximate surface area is 84.3 Å². The monoisotopic (exact) mass is 189 g/mol. The Balaban J connectivity index is 2.89. The number of aryl methyl sites for hydroxylation is 1. The van der Waals surface area contributed by atoms with E-state index in [0.29, 0.717) is 5.82 Å². The third-order valence-corrected chi connectivity index (χ3v) is 1.90. The van der Waals surface area contributed by atoms with Crippen LogP contribution in [-0.2, 0) is 0 Å². The number of nitrogens with two attached hydrogens (primary N) is 1. The van der Waals surface area contributed by atoms with Crippen molar-refractivity contribution in [2.75, 3.05) is 0 Å². The Kier molecular flexibility index (Phi) is 3.29. The molecule has 0 spiro atoms. The minimum absolute atomic E-state index is 0.345. The second kappa shape index (κ2) is 4.46. The van der Waals surface area contributed by atoms with Crippen LogP contribution in [-0.4, -0.2) is 5.71 Å². The van der Waals surface area contributed by atoms with E-state index in [4.69, 9.17) is 5.73 Å². The van der Waals surface area contributed by atoms with Gasteiger partial charge in [-0.3, -0.25) is 5.43 Å². The molecule has 0 atom stereocenters. The van der Waals surface area contributed by atoms with Gasteiger partial charge in [0.15, 0.2) is 0 Å². The SMILES string of the molecule is C=C(N)N/N=C(\C)c1ccccc1C. The molecule has 1 aromatic carbocycles. The van der Waals surface area contributed by atoms with Gasteiger partial charge in [-0.05, 0) is 19.4 Å². The van der Waals surface area contributed by atoms with Crippen LogP contribution in [0.25, 0.3) is 0 Å². The van der Waals surface area contributed by atoms with Gasteiger partial charge in [0.2, 0.25) is 0 Å². The largest absolute Gasteiger partial charge is 0.385 e. The van der Waals surface area contributed by atoms with Crippen molar-refractivity contribution < 1.29 is 0 Å². The van der Waals surface area contributed by atoms with E-state index in [2.05, 4.69) is 17.1 Å². The van der Waals surface area contributed by atoms with Crippen molar-refractivity contribution in [1.29, 1.82) is 0 Å². The first-order valence-electron chi connectivity index (χ1n) is 4.42. The Morgan fingerprint density at radius 2 is 2.07 bits per heavy atom. The van der Waals surface area contributed by atoms with Crippen molar-refractivity contribution in [1.82, 2.24) is 5.43 Å². The van der Waals surface area contributed by atoms with Crippen LogP contribution in [0.1, 0.15) is 18.1 Å². The number of hydrazone groups is 1. The fourth-order valence-electron chi connectivity index (χ4n) is 1.19. The van der Waals surface area contributed by atoms with Crippen LogP contribution in [0.15, 0.2) is 41.8 Å². The molecule has 3 nitrogen and oxygen atoms in total. The molecule has 0 saturated carbocycles. The highest BCUT2D eigenvalue weighted by Crippen LogP contribution is 2.07. The third-order valence-electron chi connectivity index (χ3n) is 1.90. The maximum absolute atomic E-state index is 5.34. The predicted molar refractivity (Wildman–Crippen MR) is 59.9 cm³/mol. The van der Waals surface area contributed by atoms with Crippen LogP contribution in [0.4, 0.5) is 0 Å². The molecule has 0 bridgehead atoms. The molecule has 0 aliphatic carbocycles. The lowest BCUT2D eigenvalue weighted by atomic mass is 10.1. The maximum atomic E-state index is 5.34. The summed E-state index contributed by atoms with van der Waals surface area (Å²) in [5.41, 5.74) is 11.2. The van der Waals surface area contributed by atoms with Gasteiger partial charge in [0.25, 0.3) is 0 Å². The molecular weight excluding hydrogens is 174 g/mol. The van der Waals surface area contributed by atoms with Crippen LogP contribution in [0.3, 0.4) is 0 Å². The number of rotatable bonds is 3. The first-order valence-corrected chi connectivity index (χ1v) is 4.42. The summed E-state index contributed by atoms with van der Waals surface area (Å²) in [6.07, 6.45) is 0. The standard InChI is InChI=1S/C11H15N3/c1-8-6-4-5-7-11(8)9(2)13-14-10(3)12/h4-7,14H,3,12H2,1-2H3/b13-9+. The first-order chi connectivity index (χ1) is 6.61. The zero-order valence-corrected chi connectivity index (χ0v) is 8.54. The lowest BCUT2D eigenvalue weighted by Crippen LogP contribution is -2.14. The van der Waals surface area contributed by atoms with Crippen molar-refractivity contribution in [3.8, 4) is 0 Å². The van der Waals surface area contributed by atoms with Gasteiger partial charge in [-0.2, -0.15) is 5.10 Å². The second-order valence-corrected chi connectivity index (χ2v) is 3.15. The molecule has 74 valence electrons. The number of hydrogen-bond acceptors (Lipinski definition) is 3. The molecule has 1 rings (SSSR count). The van der Waals surface area contributed by atoms with Crippen LogP contribution in [0, 0.1) is 6.92 Å². The van der Waals surface area contributed by atoms with Gasteiger partial charge in [-0.1, -0.05) is 30.8 Å². The average molecular weight is 189 g/mol. The molecule has 0 saturated heterocycles. The molecule has 0 heterocycles. The summed E-state index contributed by atoms with van der Waals surface area (Å²) in [5, 5.41) is 4.10. The maximum Gasteiger partial charge on any atom is 0.109 e. The van der Waals surface area contributed by atoms with Crippen molar-refractivity contribution in [2.24, 2.45) is 10.8 Å². The summed E-state index contributed by atoms with van der Waals surface area (Å²) in [6.45, 7) is 7.48. The van der Waals surface area contributed by atoms with E-state index in [0.717, 1.165) is 11.3 Å². The summed E-state index contributed by atoms with van der Waals surface area (Å²) < 4.78 is 0. The van der Waals surface area contributed by atoms with Gasteiger partial charge < -0.3 is 5.73 Å². The number of nitrogens with zero attached hydrogens (tertiary/aromatic N) is 1. The predicted octanol–water partition coefficient (Wildman–Crippen LogP) is 1.74. The summed E-state index contributed by atoms with van der Waals surface area (Å²) in [6, 6.07) is 8.06. The number of hydrogen-bond donors (Lipinski definition) is 2. The van der Waals surface area contributed by atoms with Gasteiger partial charge in [0.1, 0.15) is 5.82 Å². The van der Waals surface area contributed by atoms with E-state index in [-0.39, 0.29) is 0 Å². The highest BCUT2D eigenvalue weighted by Gasteiger charge is 1.99. The summed E-state index contributed by atoms with van der Waals surface area (Å²) in [5.74, 6) is 0.345. The Bertz CT molecular complexity index is 367. The van der Waals surface area contributed by atoms with Crippen molar-refractivity contribution in [3.63, 3.8) is 0 Å². The van der Waals surface area contributed by atoms with Crippen molar-refractivity contribution >= 4 is 5.71 Å². The minimum Gasteiger partial charge on any atom is -0.385 e. The summed E-state index contributed by atoms with van der Waals surface area (Å²) >= 11 is 0. The van der Waals surface area contributed by atoms with E-state index in [1.54, 1.807) is 0 Å². The zero-order valence-electron chi connectivity index (χ0n) is 8.54. The van der Waals surface area contributed by atoms with Crippen molar-refractivity contribution in [3.05, 3.63) is 47.8 Å². The molecule has 3 N–H and O–H groups in total. The molecule has 0 aromatic heterocycles. The highest BCUT2D eigenvalue weighted by molar-refractivity contribution is 5.99. The molecule has 14 heavy (non-hydrogen) atoms. The molecule has 0 fully saturated rings. The molecule has 0 aliphatic heterocycles. The van der Waals surface area contributed by atoms with E-state index < -0.39 is 0 Å². The molecule has 0 unspecified atom stereocenters. The van der Waals surface area contributed by atoms with Gasteiger partial charge >= 0.3 is 0 Å². The van der Waals surface area contributed by atoms with Gasteiger partial charge in [-0.25, -0.2) is 0 Å². The number of nitrogens with one attached hydrogen (secondary N) is 1. The van der Waals surface area contributed by atoms with Gasteiger partial charge in [0, 0.05) is 5.56 Å². The molecule has 0 aliphatic rings. The highest BCUT2D eigenvalue weighted by atomic mass is 15.3. The Morgan fingerprint density at radius 1 is 1.43 bits per heavy atom. The second-order valence-electron chi connectivity index (χ2n) is 3.15. The lowest BCUT2D eigenvalue weighted by Gasteiger charge is -2.05. The number of benzene rings is 1. The minimum atomic E-state index is 0.345. The Morgan fingerprint density at radius 3 is 2.64 bits per heavy atom. The van der Waals surface area contributed by atoms with Crippen LogP contribution in [0.2, 0.25) is 0 Å². The van der Waals surface area contributed by atoms with Crippen LogP contribution < -0.4 is 11.2 Å². The quantitative estimate of drug-likeness (QED) is 0.562. The topological polar surface area (TPSA) is 50.4 Å². The van der Waals surface area contributed by atoms with Gasteiger partial charge in [0.05, 0.1) is 5.71 Å². The van der Waals surface area contributed by atoms with E-state index in [9.17, 15) is 0 Å². The smallest absolute Gasteiger partial charge is 0.109 e. The third kappa shape index (κ3) is 2.62. The fourth-order valence-corrected chi connectivity index (χ4v) is 1.19. The van der Waals surface area contributed by atoms with Crippen LogP contribution >= 0.6 is 0 Å². The fraction of sp³-hybridized carbons (Fsp3) is 0.182. The average Bonchev–Trinajstić information content (AvgIpc) is 2.15. The normalized spacial score (nSPS) is 11.1.